The molecular weight excluding hydrogens is 382 g/mol. The van der Waals surface area contributed by atoms with Crippen molar-refractivity contribution < 1.29 is 4.79 Å². The molecule has 150 valence electrons. The van der Waals surface area contributed by atoms with Gasteiger partial charge in [-0.3, -0.25) is 4.79 Å². The first-order valence-corrected chi connectivity index (χ1v) is 10.2. The highest BCUT2D eigenvalue weighted by atomic mass is 16.2. The van der Waals surface area contributed by atoms with Crippen LogP contribution in [0.15, 0.2) is 92.0 Å². The third-order valence-corrected chi connectivity index (χ3v) is 5.55. The number of aromatic nitrogens is 2. The van der Waals surface area contributed by atoms with Crippen LogP contribution in [0.1, 0.15) is 10.4 Å². The molecule has 0 aliphatic heterocycles. The first-order valence-electron chi connectivity index (χ1n) is 10.2. The minimum absolute atomic E-state index is 0.0769. The van der Waals surface area contributed by atoms with Crippen molar-refractivity contribution in [2.24, 2.45) is 0 Å². The van der Waals surface area contributed by atoms with Crippen LogP contribution in [0.2, 0.25) is 0 Å². The summed E-state index contributed by atoms with van der Waals surface area (Å²) in [6.45, 7) is 8.41. The van der Waals surface area contributed by atoms with Crippen LogP contribution in [0.5, 0.6) is 0 Å². The SMILES string of the molecule is C=CCN(CC=C)C(=O)c1ccc2nc3c4ccccc4c4ccccc4c3nc2c1. The average molecular weight is 403 g/mol. The van der Waals surface area contributed by atoms with E-state index in [0.29, 0.717) is 24.2 Å². The molecule has 4 heteroatoms. The van der Waals surface area contributed by atoms with Crippen molar-refractivity contribution in [1.82, 2.24) is 14.9 Å². The molecule has 1 amide bonds. The molecule has 0 unspecified atom stereocenters. The first-order chi connectivity index (χ1) is 15.2. The molecule has 0 atom stereocenters. The summed E-state index contributed by atoms with van der Waals surface area (Å²) in [4.78, 5) is 24.6. The van der Waals surface area contributed by atoms with Crippen LogP contribution in [0, 0.1) is 0 Å². The molecular formula is C27H21N3O. The van der Waals surface area contributed by atoms with Gasteiger partial charge in [-0.15, -0.1) is 13.2 Å². The second-order valence-corrected chi connectivity index (χ2v) is 7.50. The van der Waals surface area contributed by atoms with Crippen LogP contribution in [-0.4, -0.2) is 33.9 Å². The summed E-state index contributed by atoms with van der Waals surface area (Å²) < 4.78 is 0. The van der Waals surface area contributed by atoms with E-state index in [9.17, 15) is 4.79 Å². The highest BCUT2D eigenvalue weighted by molar-refractivity contribution is 6.23. The second kappa shape index (κ2) is 7.65. The van der Waals surface area contributed by atoms with E-state index in [2.05, 4.69) is 37.4 Å². The first kappa shape index (κ1) is 18.9. The van der Waals surface area contributed by atoms with Crippen molar-refractivity contribution in [1.29, 1.82) is 0 Å². The standard InChI is InChI=1S/C27H21N3O/c1-3-15-30(16-4-2)27(31)18-13-14-23-24(17-18)29-26-22-12-8-6-10-20(22)19-9-5-7-11-21(19)25(26)28-23/h3-14,17H,1-2,15-16H2. The van der Waals surface area contributed by atoms with Crippen molar-refractivity contribution in [3.8, 4) is 0 Å². The monoisotopic (exact) mass is 403 g/mol. The average Bonchev–Trinajstić information content (AvgIpc) is 2.82. The van der Waals surface area contributed by atoms with Crippen LogP contribution in [0.25, 0.3) is 43.6 Å². The van der Waals surface area contributed by atoms with Gasteiger partial charge in [-0.2, -0.15) is 0 Å². The van der Waals surface area contributed by atoms with Gasteiger partial charge in [0.1, 0.15) is 0 Å². The van der Waals surface area contributed by atoms with Gasteiger partial charge in [-0.25, -0.2) is 9.97 Å². The van der Waals surface area contributed by atoms with Crippen molar-refractivity contribution in [2.75, 3.05) is 13.1 Å². The molecule has 5 rings (SSSR count). The van der Waals surface area contributed by atoms with Gasteiger partial charge in [0.25, 0.3) is 5.91 Å². The van der Waals surface area contributed by atoms with Crippen LogP contribution in [0.3, 0.4) is 0 Å². The summed E-state index contributed by atoms with van der Waals surface area (Å²) in [6.07, 6.45) is 3.43. The maximum Gasteiger partial charge on any atom is 0.254 e. The Hall–Kier alpha value is -4.05. The number of rotatable bonds is 5. The van der Waals surface area contributed by atoms with Crippen molar-refractivity contribution in [2.45, 2.75) is 0 Å². The summed E-state index contributed by atoms with van der Waals surface area (Å²) in [5.74, 6) is -0.0769. The van der Waals surface area contributed by atoms with Crippen LogP contribution in [0.4, 0.5) is 0 Å². The zero-order valence-corrected chi connectivity index (χ0v) is 17.1. The number of benzene rings is 4. The predicted octanol–water partition coefficient (Wildman–Crippen LogP) is 5.90. The second-order valence-electron chi connectivity index (χ2n) is 7.50. The smallest absolute Gasteiger partial charge is 0.254 e. The Morgan fingerprint density at radius 2 is 1.26 bits per heavy atom. The van der Waals surface area contributed by atoms with Gasteiger partial charge < -0.3 is 4.90 Å². The normalized spacial score (nSPS) is 11.2. The Morgan fingerprint density at radius 3 is 1.81 bits per heavy atom. The molecule has 5 aromatic rings. The number of hydrogen-bond acceptors (Lipinski definition) is 3. The fourth-order valence-electron chi connectivity index (χ4n) is 4.15. The van der Waals surface area contributed by atoms with E-state index in [4.69, 9.17) is 9.97 Å². The van der Waals surface area contributed by atoms with Crippen molar-refractivity contribution in [3.63, 3.8) is 0 Å². The number of nitrogens with zero attached hydrogens (tertiary/aromatic N) is 3. The number of hydrogen-bond donors (Lipinski definition) is 0. The fourth-order valence-corrected chi connectivity index (χ4v) is 4.15. The van der Waals surface area contributed by atoms with Gasteiger partial charge in [-0.1, -0.05) is 60.7 Å². The lowest BCUT2D eigenvalue weighted by Crippen LogP contribution is -2.31. The minimum Gasteiger partial charge on any atom is -0.331 e. The highest BCUT2D eigenvalue weighted by Gasteiger charge is 2.16. The molecule has 0 bridgehead atoms. The van der Waals surface area contributed by atoms with Gasteiger partial charge in [0.05, 0.1) is 22.1 Å². The van der Waals surface area contributed by atoms with E-state index in [1.807, 2.05) is 42.5 Å². The zero-order chi connectivity index (χ0) is 21.4. The van der Waals surface area contributed by atoms with E-state index in [-0.39, 0.29) is 5.91 Å². The molecule has 4 aromatic carbocycles. The van der Waals surface area contributed by atoms with Crippen LogP contribution in [-0.2, 0) is 0 Å². The lowest BCUT2D eigenvalue weighted by molar-refractivity contribution is 0.0791. The van der Waals surface area contributed by atoms with Crippen molar-refractivity contribution in [3.05, 3.63) is 97.6 Å². The maximum absolute atomic E-state index is 13.0. The third kappa shape index (κ3) is 3.13. The van der Waals surface area contributed by atoms with E-state index in [0.717, 1.165) is 38.1 Å². The van der Waals surface area contributed by atoms with E-state index in [1.165, 1.54) is 0 Å². The van der Waals surface area contributed by atoms with Gasteiger partial charge in [0.15, 0.2) is 0 Å². The Morgan fingerprint density at radius 1 is 0.742 bits per heavy atom. The summed E-state index contributed by atoms with van der Waals surface area (Å²) >= 11 is 0. The number of carbonyl (C=O) groups excluding carboxylic acids is 1. The third-order valence-electron chi connectivity index (χ3n) is 5.55. The molecule has 0 saturated carbocycles. The Bertz CT molecular complexity index is 1490. The Kier molecular flexibility index (Phi) is 4.68. The van der Waals surface area contributed by atoms with Crippen LogP contribution < -0.4 is 0 Å². The summed E-state index contributed by atoms with van der Waals surface area (Å²) in [7, 11) is 0. The molecule has 0 aliphatic rings. The molecule has 0 aliphatic carbocycles. The topological polar surface area (TPSA) is 46.1 Å². The lowest BCUT2D eigenvalue weighted by atomic mass is 9.99. The van der Waals surface area contributed by atoms with Gasteiger partial charge in [0.2, 0.25) is 0 Å². The number of amides is 1. The summed E-state index contributed by atoms with van der Waals surface area (Å²) in [5, 5.41) is 4.45. The van der Waals surface area contributed by atoms with Gasteiger partial charge in [-0.05, 0) is 29.0 Å². The molecule has 0 saturated heterocycles. The van der Waals surface area contributed by atoms with Gasteiger partial charge in [0, 0.05) is 29.4 Å². The van der Waals surface area contributed by atoms with E-state index >= 15 is 0 Å². The largest absolute Gasteiger partial charge is 0.331 e. The summed E-state index contributed by atoms with van der Waals surface area (Å²) in [6, 6.07) is 22.1. The molecule has 0 fully saturated rings. The Balaban J connectivity index is 1.77. The van der Waals surface area contributed by atoms with Crippen LogP contribution >= 0.6 is 0 Å². The number of carbonyl (C=O) groups is 1. The lowest BCUT2D eigenvalue weighted by Gasteiger charge is -2.19. The molecule has 4 nitrogen and oxygen atoms in total. The number of fused-ring (bicyclic) bond motifs is 7. The molecule has 0 radical (unpaired) electrons. The summed E-state index contributed by atoms with van der Waals surface area (Å²) in [5.41, 5.74) is 3.77. The van der Waals surface area contributed by atoms with Gasteiger partial charge >= 0.3 is 0 Å². The van der Waals surface area contributed by atoms with E-state index < -0.39 is 0 Å². The molecule has 1 heterocycles. The quantitative estimate of drug-likeness (QED) is 0.208. The zero-order valence-electron chi connectivity index (χ0n) is 17.1. The molecule has 1 aromatic heterocycles. The maximum atomic E-state index is 13.0. The Labute approximate surface area is 180 Å². The molecule has 31 heavy (non-hydrogen) atoms. The van der Waals surface area contributed by atoms with Crippen molar-refractivity contribution >= 4 is 49.5 Å². The predicted molar refractivity (Wildman–Crippen MR) is 128 cm³/mol. The highest BCUT2D eigenvalue weighted by Crippen LogP contribution is 2.34. The minimum atomic E-state index is -0.0769. The fraction of sp³-hybridized carbons (Fsp3) is 0.0741. The molecule has 0 spiro atoms. The molecule has 0 N–H and O–H groups in total. The van der Waals surface area contributed by atoms with E-state index in [1.54, 1.807) is 17.1 Å².